The number of hydrogen-bond acceptors (Lipinski definition) is 0. The lowest BCUT2D eigenvalue weighted by atomic mass is 10.1. The van der Waals surface area contributed by atoms with Crippen molar-refractivity contribution >= 4 is 181 Å². The van der Waals surface area contributed by atoms with Gasteiger partial charge in [0.25, 0.3) is 0 Å². The molecule has 0 N–H and O–H groups in total. The maximum absolute atomic E-state index is 13.7. The summed E-state index contributed by atoms with van der Waals surface area (Å²) in [6.07, 6.45) is 0. The van der Waals surface area contributed by atoms with Gasteiger partial charge in [-0.1, -0.05) is 152 Å². The fraction of sp³-hybridized carbons (Fsp3) is 0. The van der Waals surface area contributed by atoms with Crippen LogP contribution in [0.2, 0.25) is 0 Å². The van der Waals surface area contributed by atoms with Crippen LogP contribution in [0.4, 0.5) is 57.9 Å². The highest BCUT2D eigenvalue weighted by molar-refractivity contribution is 14.1. The van der Waals surface area contributed by atoms with Gasteiger partial charge in [-0.05, 0) is 247 Å². The van der Waals surface area contributed by atoms with Crippen LogP contribution in [0.15, 0.2) is 212 Å². The number of hydrogen-bond donors (Lipinski definition) is 0. The summed E-state index contributed by atoms with van der Waals surface area (Å²) in [5.74, 6) is -4.83. The van der Waals surface area contributed by atoms with Gasteiger partial charge in [0, 0.05) is 16.3 Å². The predicted molar refractivity (Wildman–Crippen MR) is 375 cm³/mol. The van der Waals surface area contributed by atoms with Crippen LogP contribution in [0.25, 0.3) is 52.8 Å². The Bertz CT molecular complexity index is 3880. The smallest absolute Gasteiger partial charge is 0.223 e. The summed E-state index contributed by atoms with van der Waals surface area (Å²) < 4.78 is 107. The molecule has 10 aromatic carbocycles. The van der Waals surface area contributed by atoms with Gasteiger partial charge in [-0.2, -0.15) is 0 Å². The zero-order valence-corrected chi connectivity index (χ0v) is 57.3. The third kappa shape index (κ3) is 23.6. The minimum Gasteiger partial charge on any atom is -0.238 e. The van der Waals surface area contributed by atoms with Crippen molar-refractivity contribution in [3.63, 3.8) is 0 Å². The van der Waals surface area contributed by atoms with E-state index in [0.717, 1.165) is 39.0 Å². The average molecular weight is 1900 g/mol. The Balaban J connectivity index is 0.000000210. The predicted octanol–water partition coefficient (Wildman–Crippen LogP) is 24.4. The molecule has 0 aliphatic rings. The Morgan fingerprint density at radius 2 is 0.663 bits per heavy atom. The monoisotopic (exact) mass is 1900 g/mol. The molecule has 0 saturated carbocycles. The fourth-order valence-electron chi connectivity index (χ4n) is 6.29. The standard InChI is InChI=1S/2C12H7F2I.C12H9I.2C7H2F2IN.2C7H4IN/c13-10-6-9(7-11(14)12(10)15)8-4-2-1-3-5-8;13-10-7-6-9(11(14)12(10)15)8-4-2-1-3-5-8;13-12-8-4-7-11(9-12)10-5-2-1-3-6-10;1-11-4-2-5(8)7(10)6(9)3-4;1-11-5-3-2-4(8)7(10)6(5)9;1-9-7-4-2-6(8)3-5-7;1-9-7-4-2-3-6(8)5-7/h2*1-7H;1-9H;2*2-3H;2*2-5H. The Morgan fingerprint density at radius 1 is 0.253 bits per heavy atom. The van der Waals surface area contributed by atoms with Crippen molar-refractivity contribution in [2.75, 3.05) is 0 Å². The van der Waals surface area contributed by atoms with Gasteiger partial charge in [-0.25, -0.2) is 54.5 Å². The van der Waals surface area contributed by atoms with Gasteiger partial charge in [0.1, 0.15) is 46.5 Å². The first-order valence-electron chi connectivity index (χ1n) is 23.2. The molecule has 19 heteroatoms. The quantitative estimate of drug-likeness (QED) is 0.0726. The summed E-state index contributed by atoms with van der Waals surface area (Å²) in [5.41, 5.74) is 6.38. The lowest BCUT2D eigenvalue weighted by molar-refractivity contribution is 0.570. The molecule has 0 aliphatic heterocycles. The Morgan fingerprint density at radius 3 is 1.11 bits per heavy atom. The van der Waals surface area contributed by atoms with Crippen LogP contribution in [0, 0.1) is 97.8 Å². The summed E-state index contributed by atoms with van der Waals surface area (Å²) in [4.78, 5) is 12.3. The van der Waals surface area contributed by atoms with Crippen molar-refractivity contribution in [2.24, 2.45) is 0 Å². The molecule has 10 rings (SSSR count). The SMILES string of the molecule is Fc1cc(-c2ccccc2)cc(F)c1I.Fc1ccc(-c2ccccc2)c(F)c1I.Ic1cccc(-c2ccccc2)c1.[C-]#[N+]c1cc(F)c(I)c(F)c1.[C-]#[N+]c1ccc(F)c(I)c1F.[C-]#[N+]c1ccc(I)cc1.[C-]#[N+]c1cccc(I)c1. The van der Waals surface area contributed by atoms with Crippen molar-refractivity contribution in [1.29, 1.82) is 0 Å². The molecule has 0 radical (unpaired) electrons. The van der Waals surface area contributed by atoms with Crippen LogP contribution in [0.3, 0.4) is 0 Å². The minimum absolute atomic E-state index is 0.0135. The maximum Gasteiger partial charge on any atom is 0.223 e. The zero-order valence-electron chi connectivity index (χ0n) is 42.2. The highest BCUT2D eigenvalue weighted by atomic mass is 127. The van der Waals surface area contributed by atoms with Crippen LogP contribution in [0.5, 0.6) is 0 Å². The van der Waals surface area contributed by atoms with Crippen molar-refractivity contribution in [3.8, 4) is 33.4 Å². The first-order valence-corrected chi connectivity index (χ1v) is 30.8. The van der Waals surface area contributed by atoms with E-state index in [1.165, 1.54) is 65.1 Å². The lowest BCUT2D eigenvalue weighted by Crippen LogP contribution is -1.92. The summed E-state index contributed by atoms with van der Waals surface area (Å²) in [5, 5.41) is 0. The van der Waals surface area contributed by atoms with Crippen molar-refractivity contribution in [1.82, 2.24) is 0 Å². The molecule has 0 aromatic heterocycles. The molecule has 4 nitrogen and oxygen atoms in total. The van der Waals surface area contributed by atoms with Gasteiger partial charge in [0.15, 0.2) is 17.1 Å². The van der Waals surface area contributed by atoms with E-state index in [1.54, 1.807) is 86.0 Å². The van der Waals surface area contributed by atoms with Gasteiger partial charge >= 0.3 is 0 Å². The second-order valence-corrected chi connectivity index (χ2v) is 24.0. The topological polar surface area (TPSA) is 17.4 Å². The average Bonchev–Trinajstić information content (AvgIpc) is 3.67. The van der Waals surface area contributed by atoms with Crippen LogP contribution >= 0.6 is 158 Å². The summed E-state index contributed by atoms with van der Waals surface area (Å²) in [7, 11) is 0. The third-order valence-electron chi connectivity index (χ3n) is 10.3. The molecule has 83 heavy (non-hydrogen) atoms. The molecule has 0 aliphatic carbocycles. The summed E-state index contributed by atoms with van der Waals surface area (Å²) >= 11 is 13.1. The van der Waals surface area contributed by atoms with Gasteiger partial charge in [-0.3, -0.25) is 0 Å². The highest BCUT2D eigenvalue weighted by Crippen LogP contribution is 2.29. The molecule has 0 fully saturated rings. The third-order valence-corrected chi connectivity index (χ3v) is 16.4. The van der Waals surface area contributed by atoms with E-state index in [4.69, 9.17) is 26.3 Å². The van der Waals surface area contributed by atoms with Gasteiger partial charge in [0.05, 0.1) is 40.6 Å². The molecule has 0 amide bonds. The van der Waals surface area contributed by atoms with Gasteiger partial charge in [-0.15, -0.1) is 0 Å². The molecular formula is C64H35F8I7N4. The van der Waals surface area contributed by atoms with E-state index in [-0.39, 0.29) is 25.7 Å². The lowest BCUT2D eigenvalue weighted by Gasteiger charge is -2.05. The fourth-order valence-corrected chi connectivity index (χ4v) is 9.27. The molecule has 0 saturated heterocycles. The van der Waals surface area contributed by atoms with E-state index in [2.05, 4.69) is 136 Å². The first-order chi connectivity index (χ1) is 39.7. The molecule has 0 bridgehead atoms. The number of rotatable bonds is 3. The number of benzene rings is 10. The van der Waals surface area contributed by atoms with Crippen LogP contribution in [-0.4, -0.2) is 0 Å². The van der Waals surface area contributed by atoms with Gasteiger partial charge < -0.3 is 0 Å². The van der Waals surface area contributed by atoms with Crippen LogP contribution in [0.1, 0.15) is 0 Å². The number of nitrogens with zero attached hydrogens (tertiary/aromatic N) is 4. The maximum atomic E-state index is 13.7. The highest BCUT2D eigenvalue weighted by Gasteiger charge is 2.13. The minimum atomic E-state index is -0.777. The first kappa shape index (κ1) is 70.2. The zero-order chi connectivity index (χ0) is 61.0. The molecule has 10 aromatic rings. The van der Waals surface area contributed by atoms with Crippen molar-refractivity contribution in [3.05, 3.63) is 330 Å². The van der Waals surface area contributed by atoms with E-state index in [1.807, 2.05) is 97.1 Å². The van der Waals surface area contributed by atoms with E-state index < -0.39 is 46.5 Å². The number of halogens is 15. The van der Waals surface area contributed by atoms with Crippen molar-refractivity contribution < 1.29 is 35.1 Å². The normalized spacial score (nSPS) is 9.58. The molecule has 0 unspecified atom stereocenters. The van der Waals surface area contributed by atoms with E-state index in [0.29, 0.717) is 22.5 Å². The van der Waals surface area contributed by atoms with E-state index >= 15 is 0 Å². The Labute approximate surface area is 571 Å². The van der Waals surface area contributed by atoms with Crippen LogP contribution < -0.4 is 0 Å². The van der Waals surface area contributed by atoms with E-state index in [9.17, 15) is 35.1 Å². The van der Waals surface area contributed by atoms with Gasteiger partial charge in [0.2, 0.25) is 5.69 Å². The summed E-state index contributed by atoms with van der Waals surface area (Å²) in [6, 6.07) is 61.9. The van der Waals surface area contributed by atoms with Crippen LogP contribution in [-0.2, 0) is 0 Å². The Kier molecular flexibility index (Phi) is 31.5. The Hall–Kier alpha value is -5.29. The second kappa shape index (κ2) is 37.2. The largest absolute Gasteiger partial charge is 0.238 e. The molecule has 0 heterocycles. The molecule has 0 atom stereocenters. The molecular weight excluding hydrogens is 1870 g/mol. The summed E-state index contributed by atoms with van der Waals surface area (Å²) in [6.45, 7) is 26.3. The second-order valence-electron chi connectivity index (χ2n) is 15.9. The molecule has 416 valence electrons. The molecule has 0 spiro atoms. The van der Waals surface area contributed by atoms with Crippen molar-refractivity contribution in [2.45, 2.75) is 0 Å².